The van der Waals surface area contributed by atoms with E-state index in [9.17, 15) is 19.5 Å². The molecule has 4 N–H and O–H groups in total. The number of carbonyl (C=O) groups is 3. The van der Waals surface area contributed by atoms with Gasteiger partial charge in [-0.2, -0.15) is 0 Å². The van der Waals surface area contributed by atoms with Crippen LogP contribution in [0, 0.1) is 5.92 Å². The number of amides is 3. The largest absolute Gasteiger partial charge is 0.378 e. The lowest BCUT2D eigenvalue weighted by Gasteiger charge is -2.30. The van der Waals surface area contributed by atoms with Crippen molar-refractivity contribution in [3.63, 3.8) is 0 Å². The molecule has 1 saturated heterocycles. The molecule has 2 aliphatic rings. The van der Waals surface area contributed by atoms with Crippen LogP contribution in [0.4, 0.5) is 0 Å². The Bertz CT molecular complexity index is 656. The molecule has 1 aliphatic carbocycles. The third-order valence-electron chi connectivity index (χ3n) is 5.13. The Morgan fingerprint density at radius 3 is 2.23 bits per heavy atom. The molecule has 3 amide bonds. The van der Waals surface area contributed by atoms with Crippen LogP contribution in [0.5, 0.6) is 0 Å². The van der Waals surface area contributed by atoms with Crippen LogP contribution in [-0.4, -0.2) is 41.5 Å². The summed E-state index contributed by atoms with van der Waals surface area (Å²) in [4.78, 5) is 35.6. The van der Waals surface area contributed by atoms with Crippen molar-refractivity contribution in [3.8, 4) is 0 Å². The van der Waals surface area contributed by atoms with Gasteiger partial charge >= 0.3 is 0 Å². The molecule has 2 fully saturated rings. The van der Waals surface area contributed by atoms with Crippen molar-refractivity contribution >= 4 is 17.7 Å². The lowest BCUT2D eigenvalue weighted by Crippen LogP contribution is -2.46. The van der Waals surface area contributed by atoms with Crippen molar-refractivity contribution < 1.29 is 19.5 Å². The Morgan fingerprint density at radius 2 is 1.65 bits per heavy atom. The molecule has 1 heterocycles. The summed E-state index contributed by atoms with van der Waals surface area (Å²) in [5.41, 5.74) is 0.575. The maximum absolute atomic E-state index is 12.2. The molecule has 1 aromatic carbocycles. The smallest absolute Gasteiger partial charge is 0.253 e. The Hall–Kier alpha value is -2.41. The summed E-state index contributed by atoms with van der Waals surface area (Å²) in [6.45, 7) is 0.410. The number of aliphatic hydroxyl groups excluding tert-OH is 1. The van der Waals surface area contributed by atoms with Gasteiger partial charge in [0, 0.05) is 25.0 Å². The maximum atomic E-state index is 12.2. The number of aliphatic hydroxyl groups is 1. The van der Waals surface area contributed by atoms with Gasteiger partial charge in [-0.1, -0.05) is 30.3 Å². The lowest BCUT2D eigenvalue weighted by atomic mass is 9.90. The molecule has 1 saturated carbocycles. The second kappa shape index (κ2) is 8.31. The van der Waals surface area contributed by atoms with E-state index >= 15 is 0 Å². The molecule has 1 aromatic rings. The zero-order chi connectivity index (χ0) is 18.5. The standard InChI is InChI=1S/C19H25N3O4/c23-16-10-13(11-20-16)18(25)21-14-6-8-15(9-7-14)22-19(26)17(24)12-4-2-1-3-5-12/h1-5,13-15,17,24H,6-11H2,(H,20,23)(H,21,25)(H,22,26). The highest BCUT2D eigenvalue weighted by Gasteiger charge is 2.31. The van der Waals surface area contributed by atoms with E-state index in [1.807, 2.05) is 6.07 Å². The van der Waals surface area contributed by atoms with Crippen LogP contribution in [0.25, 0.3) is 0 Å². The minimum Gasteiger partial charge on any atom is -0.378 e. The molecular formula is C19H25N3O4. The highest BCUT2D eigenvalue weighted by molar-refractivity contribution is 5.89. The molecule has 3 rings (SSSR count). The molecule has 0 aromatic heterocycles. The number of nitrogens with one attached hydrogen (secondary N) is 3. The maximum Gasteiger partial charge on any atom is 0.253 e. The van der Waals surface area contributed by atoms with E-state index in [1.165, 1.54) is 0 Å². The number of carbonyl (C=O) groups excluding carboxylic acids is 3. The molecule has 7 heteroatoms. The van der Waals surface area contributed by atoms with Crippen molar-refractivity contribution in [1.29, 1.82) is 0 Å². The first-order valence-corrected chi connectivity index (χ1v) is 9.13. The van der Waals surface area contributed by atoms with Crippen LogP contribution in [0.1, 0.15) is 43.8 Å². The minimum absolute atomic E-state index is 0.00346. The summed E-state index contributed by atoms with van der Waals surface area (Å²) in [5, 5.41) is 18.7. The molecular weight excluding hydrogens is 334 g/mol. The van der Waals surface area contributed by atoms with Crippen LogP contribution in [0.3, 0.4) is 0 Å². The van der Waals surface area contributed by atoms with Crippen LogP contribution < -0.4 is 16.0 Å². The molecule has 2 atom stereocenters. The van der Waals surface area contributed by atoms with Gasteiger partial charge < -0.3 is 21.1 Å². The number of benzene rings is 1. The Balaban J connectivity index is 1.41. The van der Waals surface area contributed by atoms with E-state index < -0.39 is 6.10 Å². The summed E-state index contributed by atoms with van der Waals surface area (Å²) in [7, 11) is 0. The topological polar surface area (TPSA) is 108 Å². The Labute approximate surface area is 152 Å². The summed E-state index contributed by atoms with van der Waals surface area (Å²) in [6.07, 6.45) is 2.13. The Kier molecular flexibility index (Phi) is 5.88. The highest BCUT2D eigenvalue weighted by atomic mass is 16.3. The van der Waals surface area contributed by atoms with Gasteiger partial charge in [0.25, 0.3) is 5.91 Å². The van der Waals surface area contributed by atoms with Gasteiger partial charge in [-0.05, 0) is 31.2 Å². The molecule has 2 unspecified atom stereocenters. The molecule has 0 radical (unpaired) electrons. The third-order valence-corrected chi connectivity index (χ3v) is 5.13. The first-order valence-electron chi connectivity index (χ1n) is 9.13. The third kappa shape index (κ3) is 4.60. The van der Waals surface area contributed by atoms with Gasteiger partial charge in [-0.25, -0.2) is 0 Å². The minimum atomic E-state index is -1.17. The van der Waals surface area contributed by atoms with Gasteiger partial charge in [0.1, 0.15) is 0 Å². The molecule has 26 heavy (non-hydrogen) atoms. The van der Waals surface area contributed by atoms with Crippen LogP contribution in [0.15, 0.2) is 30.3 Å². The average molecular weight is 359 g/mol. The number of rotatable bonds is 5. The van der Waals surface area contributed by atoms with Gasteiger partial charge in [0.2, 0.25) is 11.8 Å². The fourth-order valence-electron chi connectivity index (χ4n) is 3.56. The van der Waals surface area contributed by atoms with E-state index in [4.69, 9.17) is 0 Å². The second-order valence-corrected chi connectivity index (χ2v) is 7.08. The van der Waals surface area contributed by atoms with Crippen molar-refractivity contribution in [2.24, 2.45) is 5.92 Å². The van der Waals surface area contributed by atoms with Gasteiger partial charge in [-0.3, -0.25) is 14.4 Å². The Morgan fingerprint density at radius 1 is 1.04 bits per heavy atom. The van der Waals surface area contributed by atoms with E-state index in [0.717, 1.165) is 25.7 Å². The fraction of sp³-hybridized carbons (Fsp3) is 0.526. The van der Waals surface area contributed by atoms with E-state index in [2.05, 4.69) is 16.0 Å². The average Bonchev–Trinajstić information content (AvgIpc) is 3.10. The first kappa shape index (κ1) is 18.4. The predicted molar refractivity (Wildman–Crippen MR) is 94.8 cm³/mol. The first-order chi connectivity index (χ1) is 12.5. The van der Waals surface area contributed by atoms with Gasteiger partial charge in [0.15, 0.2) is 6.10 Å². The summed E-state index contributed by atoms with van der Waals surface area (Å²) in [5.74, 6) is -0.816. The van der Waals surface area contributed by atoms with E-state index in [0.29, 0.717) is 12.1 Å². The normalized spacial score (nSPS) is 26.7. The second-order valence-electron chi connectivity index (χ2n) is 7.08. The van der Waals surface area contributed by atoms with E-state index in [1.54, 1.807) is 24.3 Å². The molecule has 0 spiro atoms. The van der Waals surface area contributed by atoms with Crippen LogP contribution in [0.2, 0.25) is 0 Å². The zero-order valence-corrected chi connectivity index (χ0v) is 14.6. The molecule has 7 nitrogen and oxygen atoms in total. The number of hydrogen-bond acceptors (Lipinski definition) is 4. The van der Waals surface area contributed by atoms with Crippen molar-refractivity contribution in [1.82, 2.24) is 16.0 Å². The van der Waals surface area contributed by atoms with Crippen molar-refractivity contribution in [2.75, 3.05) is 6.54 Å². The summed E-state index contributed by atoms with van der Waals surface area (Å²) in [6, 6.07) is 8.93. The molecule has 0 bridgehead atoms. The van der Waals surface area contributed by atoms with Crippen LogP contribution >= 0.6 is 0 Å². The monoisotopic (exact) mass is 359 g/mol. The summed E-state index contributed by atoms with van der Waals surface area (Å²) < 4.78 is 0. The van der Waals surface area contributed by atoms with Gasteiger partial charge in [0.05, 0.1) is 5.92 Å². The zero-order valence-electron chi connectivity index (χ0n) is 14.6. The van der Waals surface area contributed by atoms with Crippen molar-refractivity contribution in [3.05, 3.63) is 35.9 Å². The number of hydrogen-bond donors (Lipinski definition) is 4. The highest BCUT2D eigenvalue weighted by Crippen LogP contribution is 2.21. The van der Waals surface area contributed by atoms with Gasteiger partial charge in [-0.15, -0.1) is 0 Å². The molecule has 140 valence electrons. The van der Waals surface area contributed by atoms with Crippen molar-refractivity contribution in [2.45, 2.75) is 50.3 Å². The molecule has 1 aliphatic heterocycles. The van der Waals surface area contributed by atoms with Crippen LogP contribution in [-0.2, 0) is 14.4 Å². The SMILES string of the molecule is O=C1CC(C(=O)NC2CCC(NC(=O)C(O)c3ccccc3)CC2)CN1. The lowest BCUT2D eigenvalue weighted by molar-refractivity contribution is -0.131. The predicted octanol–water partition coefficient (Wildman–Crippen LogP) is 0.400. The van der Waals surface area contributed by atoms with E-state index in [-0.39, 0.29) is 42.1 Å². The quantitative estimate of drug-likeness (QED) is 0.610. The summed E-state index contributed by atoms with van der Waals surface area (Å²) >= 11 is 0. The fourth-order valence-corrected chi connectivity index (χ4v) is 3.56.